The number of carbonyl (C=O) groups excluding carboxylic acids is 1. The summed E-state index contributed by atoms with van der Waals surface area (Å²) >= 11 is 0. The second kappa shape index (κ2) is 4.56. The van der Waals surface area contributed by atoms with Crippen molar-refractivity contribution in [1.82, 2.24) is 14.8 Å². The Morgan fingerprint density at radius 2 is 1.90 bits per heavy atom. The van der Waals surface area contributed by atoms with E-state index in [9.17, 15) is 4.79 Å². The molecule has 1 amide bonds. The number of aromatic nitrogens is 2. The zero-order valence-electron chi connectivity index (χ0n) is 11.6. The fraction of sp³-hybridized carbons (Fsp3) is 0.286. The second-order valence-electron chi connectivity index (χ2n) is 4.92. The number of carbonyl (C=O) groups is 1. The Morgan fingerprint density at radius 1 is 1.20 bits per heavy atom. The molecule has 6 heteroatoms. The molecule has 0 spiro atoms. The maximum absolute atomic E-state index is 11.5. The first kappa shape index (κ1) is 12.5. The molecule has 2 N–H and O–H groups in total. The molecule has 0 saturated carbocycles. The summed E-state index contributed by atoms with van der Waals surface area (Å²) in [6.07, 6.45) is 0.565. The number of anilines is 2. The van der Waals surface area contributed by atoms with Crippen LogP contribution in [-0.2, 0) is 11.8 Å². The average Bonchev–Trinajstić information content (AvgIpc) is 2.95. The normalized spacial score (nSPS) is 15.2. The lowest BCUT2D eigenvalue weighted by Crippen LogP contribution is -2.35. The van der Waals surface area contributed by atoms with Crippen LogP contribution >= 0.6 is 0 Å². The Bertz CT molecular complexity index is 627. The number of hydrogen-bond acceptors (Lipinski definition) is 4. The van der Waals surface area contributed by atoms with Crippen LogP contribution in [0.4, 0.5) is 11.5 Å². The van der Waals surface area contributed by atoms with E-state index < -0.39 is 0 Å². The van der Waals surface area contributed by atoms with Crippen molar-refractivity contribution >= 4 is 17.4 Å². The number of hydrazine groups is 1. The van der Waals surface area contributed by atoms with Gasteiger partial charge in [0.15, 0.2) is 0 Å². The first-order valence-electron chi connectivity index (χ1n) is 6.50. The van der Waals surface area contributed by atoms with Crippen LogP contribution in [0.25, 0.3) is 11.3 Å². The van der Waals surface area contributed by atoms with Crippen molar-refractivity contribution in [2.24, 2.45) is 7.05 Å². The van der Waals surface area contributed by atoms with Crippen molar-refractivity contribution < 1.29 is 4.79 Å². The van der Waals surface area contributed by atoms with Crippen LogP contribution in [0, 0.1) is 0 Å². The van der Waals surface area contributed by atoms with Crippen LogP contribution in [-0.4, -0.2) is 34.3 Å². The number of nitrogens with zero attached hydrogens (tertiary/aromatic N) is 4. The monoisotopic (exact) mass is 271 g/mol. The van der Waals surface area contributed by atoms with Gasteiger partial charge in [-0.1, -0.05) is 12.1 Å². The molecular formula is C14H17N5O. The minimum atomic E-state index is 0.145. The first-order valence-corrected chi connectivity index (χ1v) is 6.50. The molecule has 1 aliphatic heterocycles. The van der Waals surface area contributed by atoms with E-state index in [4.69, 9.17) is 5.73 Å². The van der Waals surface area contributed by atoms with E-state index in [1.807, 2.05) is 42.4 Å². The zero-order valence-corrected chi connectivity index (χ0v) is 11.6. The Labute approximate surface area is 117 Å². The maximum atomic E-state index is 11.5. The minimum Gasteiger partial charge on any atom is -0.384 e. The highest BCUT2D eigenvalue weighted by atomic mass is 16.2. The topological polar surface area (TPSA) is 67.4 Å². The Hall–Kier alpha value is -2.50. The molecule has 1 saturated heterocycles. The van der Waals surface area contributed by atoms with Gasteiger partial charge in [-0.15, -0.1) is 0 Å². The lowest BCUT2D eigenvalue weighted by molar-refractivity contribution is -0.126. The number of aryl methyl sites for hydroxylation is 1. The molecule has 1 aromatic carbocycles. The fourth-order valence-corrected chi connectivity index (χ4v) is 2.38. The Morgan fingerprint density at radius 3 is 2.40 bits per heavy atom. The smallest absolute Gasteiger partial charge is 0.242 e. The number of hydrogen-bond donors (Lipinski definition) is 1. The highest BCUT2D eigenvalue weighted by molar-refractivity contribution is 5.81. The van der Waals surface area contributed by atoms with E-state index in [2.05, 4.69) is 5.10 Å². The van der Waals surface area contributed by atoms with Crippen LogP contribution in [0.15, 0.2) is 30.3 Å². The third-order valence-electron chi connectivity index (χ3n) is 3.64. The van der Waals surface area contributed by atoms with Crippen LogP contribution in [0.2, 0.25) is 0 Å². The molecule has 0 unspecified atom stereocenters. The van der Waals surface area contributed by atoms with E-state index in [1.165, 1.54) is 0 Å². The number of rotatable bonds is 2. The molecule has 20 heavy (non-hydrogen) atoms. The molecule has 0 atom stereocenters. The van der Waals surface area contributed by atoms with Gasteiger partial charge in [0.2, 0.25) is 5.91 Å². The largest absolute Gasteiger partial charge is 0.384 e. The fourth-order valence-electron chi connectivity index (χ4n) is 2.38. The number of amides is 1. The standard InChI is InChI=1S/C14H17N5O/c1-17-13(15)9-12(16-17)10-3-5-11(6-4-10)19-8-7-14(20)18(19)2/h3-6,9H,7-8,15H2,1-2H3. The van der Waals surface area contributed by atoms with Crippen molar-refractivity contribution in [2.45, 2.75) is 6.42 Å². The molecule has 6 nitrogen and oxygen atoms in total. The summed E-state index contributed by atoms with van der Waals surface area (Å²) in [7, 11) is 3.61. The van der Waals surface area contributed by atoms with Gasteiger partial charge in [0.25, 0.3) is 0 Å². The third-order valence-corrected chi connectivity index (χ3v) is 3.64. The summed E-state index contributed by atoms with van der Waals surface area (Å²) in [5.74, 6) is 0.778. The Balaban J connectivity index is 1.86. The average molecular weight is 271 g/mol. The molecule has 104 valence electrons. The molecule has 2 heterocycles. The zero-order chi connectivity index (χ0) is 14.3. The van der Waals surface area contributed by atoms with Gasteiger partial charge >= 0.3 is 0 Å². The van der Waals surface area contributed by atoms with Gasteiger partial charge in [0, 0.05) is 38.7 Å². The van der Waals surface area contributed by atoms with E-state index >= 15 is 0 Å². The van der Waals surface area contributed by atoms with Gasteiger partial charge in [-0.05, 0) is 12.1 Å². The van der Waals surface area contributed by atoms with Crippen molar-refractivity contribution in [1.29, 1.82) is 0 Å². The van der Waals surface area contributed by atoms with Crippen LogP contribution in [0.1, 0.15) is 6.42 Å². The Kier molecular flexibility index (Phi) is 2.85. The molecular weight excluding hydrogens is 254 g/mol. The lowest BCUT2D eigenvalue weighted by Gasteiger charge is -2.26. The second-order valence-corrected chi connectivity index (χ2v) is 4.92. The van der Waals surface area contributed by atoms with Gasteiger partial charge in [0.1, 0.15) is 5.82 Å². The number of benzene rings is 1. The molecule has 0 bridgehead atoms. The molecule has 1 aromatic heterocycles. The van der Waals surface area contributed by atoms with Crippen molar-refractivity contribution in [2.75, 3.05) is 24.3 Å². The summed E-state index contributed by atoms with van der Waals surface area (Å²) in [4.78, 5) is 11.5. The highest BCUT2D eigenvalue weighted by Gasteiger charge is 2.25. The molecule has 0 aliphatic carbocycles. The van der Waals surface area contributed by atoms with Gasteiger partial charge in [0.05, 0.1) is 11.4 Å². The molecule has 2 aromatic rings. The van der Waals surface area contributed by atoms with Gasteiger partial charge in [-0.3, -0.25) is 19.5 Å². The van der Waals surface area contributed by atoms with Gasteiger partial charge in [-0.25, -0.2) is 0 Å². The van der Waals surface area contributed by atoms with E-state index in [-0.39, 0.29) is 5.91 Å². The van der Waals surface area contributed by atoms with E-state index in [0.29, 0.717) is 12.2 Å². The quantitative estimate of drug-likeness (QED) is 0.892. The lowest BCUT2D eigenvalue weighted by atomic mass is 10.1. The van der Waals surface area contributed by atoms with E-state index in [0.717, 1.165) is 23.5 Å². The molecule has 1 fully saturated rings. The van der Waals surface area contributed by atoms with Gasteiger partial charge < -0.3 is 5.73 Å². The van der Waals surface area contributed by atoms with E-state index in [1.54, 1.807) is 16.7 Å². The predicted molar refractivity (Wildman–Crippen MR) is 77.8 cm³/mol. The first-order chi connectivity index (χ1) is 9.56. The van der Waals surface area contributed by atoms with Crippen molar-refractivity contribution in [3.63, 3.8) is 0 Å². The number of nitrogen functional groups attached to an aromatic ring is 1. The summed E-state index contributed by atoms with van der Waals surface area (Å²) < 4.78 is 1.65. The minimum absolute atomic E-state index is 0.145. The summed E-state index contributed by atoms with van der Waals surface area (Å²) in [6.45, 7) is 0.727. The summed E-state index contributed by atoms with van der Waals surface area (Å²) in [5.41, 5.74) is 8.65. The molecule has 3 rings (SSSR count). The summed E-state index contributed by atoms with van der Waals surface area (Å²) in [6, 6.07) is 9.83. The predicted octanol–water partition coefficient (Wildman–Crippen LogP) is 1.25. The number of nitrogens with two attached hydrogens (primary N) is 1. The van der Waals surface area contributed by atoms with Crippen LogP contribution in [0.3, 0.4) is 0 Å². The third kappa shape index (κ3) is 1.99. The molecule has 1 aliphatic rings. The highest BCUT2D eigenvalue weighted by Crippen LogP contribution is 2.26. The van der Waals surface area contributed by atoms with Crippen LogP contribution < -0.4 is 10.7 Å². The SMILES string of the molecule is CN1C(=O)CCN1c1ccc(-c2cc(N)n(C)n2)cc1. The summed E-state index contributed by atoms with van der Waals surface area (Å²) in [5, 5.41) is 7.98. The van der Waals surface area contributed by atoms with Gasteiger partial charge in [-0.2, -0.15) is 5.10 Å². The van der Waals surface area contributed by atoms with Crippen molar-refractivity contribution in [3.05, 3.63) is 30.3 Å². The van der Waals surface area contributed by atoms with Crippen LogP contribution in [0.5, 0.6) is 0 Å². The van der Waals surface area contributed by atoms with Crippen molar-refractivity contribution in [3.8, 4) is 11.3 Å². The molecule has 0 radical (unpaired) electrons. The maximum Gasteiger partial charge on any atom is 0.242 e.